The van der Waals surface area contributed by atoms with Gasteiger partial charge in [-0.25, -0.2) is 4.79 Å². The second-order valence-electron chi connectivity index (χ2n) is 5.20. The van der Waals surface area contributed by atoms with Crippen LogP contribution in [0.15, 0.2) is 65.5 Å². The van der Waals surface area contributed by atoms with Crippen molar-refractivity contribution in [1.82, 2.24) is 9.94 Å². The molecule has 0 radical (unpaired) electrons. The lowest BCUT2D eigenvalue weighted by Gasteiger charge is -2.13. The number of nitriles is 1. The van der Waals surface area contributed by atoms with Crippen LogP contribution < -0.4 is 10.4 Å². The van der Waals surface area contributed by atoms with E-state index in [4.69, 9.17) is 4.84 Å². The van der Waals surface area contributed by atoms with E-state index in [0.717, 1.165) is 6.92 Å². The van der Waals surface area contributed by atoms with Gasteiger partial charge in [-0.3, -0.25) is 4.79 Å². The molecule has 3 aromatic rings. The van der Waals surface area contributed by atoms with Crippen LogP contribution in [0.1, 0.15) is 12.5 Å². The summed E-state index contributed by atoms with van der Waals surface area (Å²) >= 11 is 0. The molecule has 0 bridgehead atoms. The van der Waals surface area contributed by atoms with Gasteiger partial charge in [-0.05, 0) is 10.4 Å². The average Bonchev–Trinajstić information content (AvgIpc) is 2.64. The van der Waals surface area contributed by atoms with Crippen LogP contribution in [0.3, 0.4) is 0 Å². The van der Waals surface area contributed by atoms with E-state index >= 15 is 0 Å². The second-order valence-corrected chi connectivity index (χ2v) is 5.20. The summed E-state index contributed by atoms with van der Waals surface area (Å²) in [5.41, 5.74) is 1.24. The summed E-state index contributed by atoms with van der Waals surface area (Å²) in [6.07, 6.45) is 0. The number of aromatic nitrogens is 2. The summed E-state index contributed by atoms with van der Waals surface area (Å²) in [4.78, 5) is 29.2. The van der Waals surface area contributed by atoms with Crippen LogP contribution in [0, 0.1) is 11.3 Å². The number of benzene rings is 2. The van der Waals surface area contributed by atoms with E-state index in [1.807, 2.05) is 42.5 Å². The number of carbonyl (C=O) groups is 1. The van der Waals surface area contributed by atoms with Gasteiger partial charge in [-0.2, -0.15) is 5.26 Å². The first-order chi connectivity index (χ1) is 12.1. The van der Waals surface area contributed by atoms with E-state index in [9.17, 15) is 14.9 Å². The minimum Gasteiger partial charge on any atom is -0.316 e. The molecule has 122 valence electrons. The van der Waals surface area contributed by atoms with Crippen LogP contribution in [0.5, 0.6) is 0 Å². The predicted octanol–water partition coefficient (Wildman–Crippen LogP) is 2.42. The second kappa shape index (κ2) is 6.81. The average molecular weight is 331 g/mol. The van der Waals surface area contributed by atoms with E-state index in [2.05, 4.69) is 5.10 Å². The Hall–Kier alpha value is -3.72. The molecule has 0 amide bonds. The molecule has 25 heavy (non-hydrogen) atoms. The fourth-order valence-corrected chi connectivity index (χ4v) is 2.48. The lowest BCUT2D eigenvalue weighted by atomic mass is 9.96. The van der Waals surface area contributed by atoms with Gasteiger partial charge in [0, 0.05) is 18.1 Å². The first kappa shape index (κ1) is 16.1. The Bertz CT molecular complexity index is 1020. The summed E-state index contributed by atoms with van der Waals surface area (Å²) in [7, 11) is 0. The zero-order valence-electron chi connectivity index (χ0n) is 13.3. The molecule has 0 saturated carbocycles. The highest BCUT2D eigenvalue weighted by atomic mass is 16.7. The molecular weight excluding hydrogens is 318 g/mol. The maximum absolute atomic E-state index is 12.5. The quantitative estimate of drug-likeness (QED) is 0.736. The lowest BCUT2D eigenvalue weighted by Crippen LogP contribution is -2.34. The van der Waals surface area contributed by atoms with Gasteiger partial charge in [0.1, 0.15) is 17.3 Å². The monoisotopic (exact) mass is 331 g/mol. The largest absolute Gasteiger partial charge is 0.332 e. The minimum absolute atomic E-state index is 0.138. The van der Waals surface area contributed by atoms with Crippen molar-refractivity contribution < 1.29 is 9.63 Å². The van der Waals surface area contributed by atoms with Crippen molar-refractivity contribution in [3.05, 3.63) is 76.6 Å². The van der Waals surface area contributed by atoms with E-state index in [1.165, 1.54) is 0 Å². The van der Waals surface area contributed by atoms with E-state index in [0.29, 0.717) is 27.2 Å². The maximum Gasteiger partial charge on any atom is 0.332 e. The van der Waals surface area contributed by atoms with Crippen LogP contribution in [-0.4, -0.2) is 15.9 Å². The molecule has 0 unspecified atom stereocenters. The van der Waals surface area contributed by atoms with Crippen LogP contribution in [-0.2, 0) is 4.79 Å². The number of carbonyl (C=O) groups excluding carboxylic acids is 1. The van der Waals surface area contributed by atoms with E-state index in [-0.39, 0.29) is 5.56 Å². The Morgan fingerprint density at radius 3 is 2.12 bits per heavy atom. The molecule has 6 heteroatoms. The van der Waals surface area contributed by atoms with Gasteiger partial charge in [-0.15, -0.1) is 5.10 Å². The molecule has 0 aliphatic carbocycles. The molecule has 0 aliphatic rings. The lowest BCUT2D eigenvalue weighted by molar-refractivity contribution is -0.143. The fraction of sp³-hybridized carbons (Fsp3) is 0.0526. The highest BCUT2D eigenvalue weighted by Crippen LogP contribution is 2.31. The summed E-state index contributed by atoms with van der Waals surface area (Å²) in [6.45, 7) is 1.16. The molecule has 0 fully saturated rings. The highest BCUT2D eigenvalue weighted by molar-refractivity contribution is 5.84. The number of rotatable bonds is 3. The normalized spacial score (nSPS) is 10.1. The van der Waals surface area contributed by atoms with Crippen LogP contribution in [0.25, 0.3) is 22.4 Å². The Balaban J connectivity index is 2.40. The number of hydrogen-bond donors (Lipinski definition) is 0. The first-order valence-electron chi connectivity index (χ1n) is 7.49. The van der Waals surface area contributed by atoms with Gasteiger partial charge in [0.15, 0.2) is 0 Å². The van der Waals surface area contributed by atoms with Gasteiger partial charge in [0.2, 0.25) is 0 Å². The molecule has 3 rings (SSSR count). The standard InChI is InChI=1S/C19H13N3O3/c1-13(23)25-22-19(24)16(12-20)17(14-8-4-2-5-9-14)18(21-22)15-10-6-3-7-11-15/h2-11H,1H3. The predicted molar refractivity (Wildman–Crippen MR) is 91.3 cm³/mol. The molecular formula is C19H13N3O3. The van der Waals surface area contributed by atoms with Crippen LogP contribution in [0.4, 0.5) is 0 Å². The van der Waals surface area contributed by atoms with Gasteiger partial charge >= 0.3 is 11.5 Å². The fourth-order valence-electron chi connectivity index (χ4n) is 2.48. The van der Waals surface area contributed by atoms with Gasteiger partial charge in [0.25, 0.3) is 0 Å². The summed E-state index contributed by atoms with van der Waals surface area (Å²) in [6, 6.07) is 20.1. The molecule has 0 N–H and O–H groups in total. The number of nitrogens with zero attached hydrogens (tertiary/aromatic N) is 3. The molecule has 2 aromatic carbocycles. The maximum atomic E-state index is 12.5. The highest BCUT2D eigenvalue weighted by Gasteiger charge is 2.21. The molecule has 0 aliphatic heterocycles. The molecule has 6 nitrogen and oxygen atoms in total. The topological polar surface area (TPSA) is 85.0 Å². The Labute approximate surface area is 143 Å². The molecule has 0 saturated heterocycles. The Kier molecular flexibility index (Phi) is 4.40. The van der Waals surface area contributed by atoms with Crippen LogP contribution in [0.2, 0.25) is 0 Å². The van der Waals surface area contributed by atoms with Crippen LogP contribution >= 0.6 is 0 Å². The Morgan fingerprint density at radius 1 is 1.04 bits per heavy atom. The van der Waals surface area contributed by atoms with Gasteiger partial charge < -0.3 is 4.84 Å². The van der Waals surface area contributed by atoms with Gasteiger partial charge in [-0.1, -0.05) is 60.7 Å². The molecule has 1 aromatic heterocycles. The SMILES string of the molecule is CC(=O)On1nc(-c2ccccc2)c(-c2ccccc2)c(C#N)c1=O. The third-order valence-electron chi connectivity index (χ3n) is 3.50. The molecule has 1 heterocycles. The van der Waals surface area contributed by atoms with E-state index in [1.54, 1.807) is 24.3 Å². The third-order valence-corrected chi connectivity index (χ3v) is 3.50. The first-order valence-corrected chi connectivity index (χ1v) is 7.49. The molecule has 0 spiro atoms. The Morgan fingerprint density at radius 2 is 1.60 bits per heavy atom. The van der Waals surface area contributed by atoms with Crippen molar-refractivity contribution in [2.24, 2.45) is 0 Å². The van der Waals surface area contributed by atoms with Crippen molar-refractivity contribution in [2.75, 3.05) is 0 Å². The summed E-state index contributed by atoms with van der Waals surface area (Å²) in [5, 5.41) is 13.7. The van der Waals surface area contributed by atoms with E-state index < -0.39 is 11.5 Å². The van der Waals surface area contributed by atoms with Crippen molar-refractivity contribution in [1.29, 1.82) is 5.26 Å². The third kappa shape index (κ3) is 3.16. The minimum atomic E-state index is -0.781. The van der Waals surface area contributed by atoms with Crippen molar-refractivity contribution in [2.45, 2.75) is 6.92 Å². The summed E-state index contributed by atoms with van der Waals surface area (Å²) < 4.78 is 0. The zero-order valence-corrected chi connectivity index (χ0v) is 13.3. The zero-order chi connectivity index (χ0) is 17.8. The van der Waals surface area contributed by atoms with Crippen molar-refractivity contribution >= 4 is 5.97 Å². The summed E-state index contributed by atoms with van der Waals surface area (Å²) in [5.74, 6) is -0.704. The van der Waals surface area contributed by atoms with Gasteiger partial charge in [0.05, 0.1) is 0 Å². The molecule has 0 atom stereocenters. The van der Waals surface area contributed by atoms with Crippen molar-refractivity contribution in [3.8, 4) is 28.5 Å². The smallest absolute Gasteiger partial charge is 0.316 e. The number of hydrogen-bond acceptors (Lipinski definition) is 5. The van der Waals surface area contributed by atoms with Crippen molar-refractivity contribution in [3.63, 3.8) is 0 Å².